The highest BCUT2D eigenvalue weighted by Crippen LogP contribution is 1.97. The molecule has 96 valence electrons. The third-order valence-electron chi connectivity index (χ3n) is 2.08. The molecule has 0 saturated heterocycles. The SMILES string of the molecule is CCN(CCCNCC(=O)OC)S(C)(=O)=O. The minimum atomic E-state index is -3.11. The van der Waals surface area contributed by atoms with Crippen molar-refractivity contribution in [1.82, 2.24) is 9.62 Å². The average Bonchev–Trinajstić information content (AvgIpc) is 2.20. The Hall–Kier alpha value is -0.660. The van der Waals surface area contributed by atoms with E-state index in [0.717, 1.165) is 0 Å². The van der Waals surface area contributed by atoms with Crippen LogP contribution in [-0.4, -0.2) is 58.2 Å². The third kappa shape index (κ3) is 6.76. The first-order valence-electron chi connectivity index (χ1n) is 5.14. The predicted molar refractivity (Wildman–Crippen MR) is 61.6 cm³/mol. The van der Waals surface area contributed by atoms with Gasteiger partial charge in [0.2, 0.25) is 10.0 Å². The zero-order chi connectivity index (χ0) is 12.6. The summed E-state index contributed by atoms with van der Waals surface area (Å²) in [5.74, 6) is -0.324. The van der Waals surface area contributed by atoms with Crippen molar-refractivity contribution in [3.63, 3.8) is 0 Å². The van der Waals surface area contributed by atoms with Crippen molar-refractivity contribution in [2.24, 2.45) is 0 Å². The van der Waals surface area contributed by atoms with Crippen molar-refractivity contribution in [2.45, 2.75) is 13.3 Å². The Balaban J connectivity index is 3.69. The topological polar surface area (TPSA) is 75.7 Å². The molecular weight excluding hydrogens is 232 g/mol. The van der Waals surface area contributed by atoms with Gasteiger partial charge in [-0.25, -0.2) is 12.7 Å². The molecule has 7 heteroatoms. The molecule has 1 N–H and O–H groups in total. The highest BCUT2D eigenvalue weighted by molar-refractivity contribution is 7.88. The summed E-state index contributed by atoms with van der Waals surface area (Å²) in [6, 6.07) is 0. The molecule has 0 spiro atoms. The second-order valence-corrected chi connectivity index (χ2v) is 5.34. The van der Waals surface area contributed by atoms with E-state index >= 15 is 0 Å². The van der Waals surface area contributed by atoms with Gasteiger partial charge in [-0.1, -0.05) is 6.92 Å². The fraction of sp³-hybridized carbons (Fsp3) is 0.889. The molecule has 0 rings (SSSR count). The number of nitrogens with zero attached hydrogens (tertiary/aromatic N) is 1. The van der Waals surface area contributed by atoms with Crippen molar-refractivity contribution in [3.05, 3.63) is 0 Å². The first-order valence-corrected chi connectivity index (χ1v) is 6.99. The molecule has 6 nitrogen and oxygen atoms in total. The highest BCUT2D eigenvalue weighted by atomic mass is 32.2. The van der Waals surface area contributed by atoms with E-state index < -0.39 is 10.0 Å². The lowest BCUT2D eigenvalue weighted by molar-refractivity contribution is -0.139. The normalized spacial score (nSPS) is 11.8. The summed E-state index contributed by atoms with van der Waals surface area (Å²) in [6.07, 6.45) is 1.86. The number of methoxy groups -OCH3 is 1. The molecule has 16 heavy (non-hydrogen) atoms. The standard InChI is InChI=1S/C9H20N2O4S/c1-4-11(16(3,13)14)7-5-6-10-8-9(12)15-2/h10H,4-8H2,1-3H3. The fourth-order valence-electron chi connectivity index (χ4n) is 1.20. The highest BCUT2D eigenvalue weighted by Gasteiger charge is 2.12. The average molecular weight is 252 g/mol. The summed E-state index contributed by atoms with van der Waals surface area (Å²) in [5.41, 5.74) is 0. The van der Waals surface area contributed by atoms with Gasteiger partial charge < -0.3 is 10.1 Å². The van der Waals surface area contributed by atoms with E-state index in [0.29, 0.717) is 26.1 Å². The van der Waals surface area contributed by atoms with Gasteiger partial charge in [0.1, 0.15) is 0 Å². The molecule has 0 aromatic heterocycles. The van der Waals surface area contributed by atoms with E-state index in [1.165, 1.54) is 17.7 Å². The van der Waals surface area contributed by atoms with Gasteiger partial charge in [0.25, 0.3) is 0 Å². The quantitative estimate of drug-likeness (QED) is 0.462. The van der Waals surface area contributed by atoms with Crippen molar-refractivity contribution < 1.29 is 17.9 Å². The first kappa shape index (κ1) is 15.3. The summed E-state index contributed by atoms with van der Waals surface area (Å²) in [6.45, 7) is 3.46. The Labute approximate surface area is 97.0 Å². The smallest absolute Gasteiger partial charge is 0.319 e. The molecular formula is C9H20N2O4S. The summed E-state index contributed by atoms with van der Waals surface area (Å²) >= 11 is 0. The molecule has 0 heterocycles. The summed E-state index contributed by atoms with van der Waals surface area (Å²) in [4.78, 5) is 10.7. The van der Waals surface area contributed by atoms with Gasteiger partial charge >= 0.3 is 5.97 Å². The van der Waals surface area contributed by atoms with Crippen LogP contribution in [0.1, 0.15) is 13.3 Å². The predicted octanol–water partition coefficient (Wildman–Crippen LogP) is -0.579. The van der Waals surface area contributed by atoms with E-state index in [1.807, 2.05) is 0 Å². The lowest BCUT2D eigenvalue weighted by Gasteiger charge is -2.17. The van der Waals surface area contributed by atoms with Gasteiger partial charge in [0.05, 0.1) is 19.9 Å². The van der Waals surface area contributed by atoms with E-state index in [4.69, 9.17) is 0 Å². The van der Waals surface area contributed by atoms with Crippen molar-refractivity contribution in [1.29, 1.82) is 0 Å². The van der Waals surface area contributed by atoms with Crippen molar-refractivity contribution in [2.75, 3.05) is 39.5 Å². The summed E-state index contributed by atoms with van der Waals surface area (Å²) < 4.78 is 28.3. The Morgan fingerprint density at radius 3 is 2.50 bits per heavy atom. The van der Waals surface area contributed by atoms with Crippen LogP contribution in [0.2, 0.25) is 0 Å². The van der Waals surface area contributed by atoms with Crippen LogP contribution in [0.3, 0.4) is 0 Å². The lowest BCUT2D eigenvalue weighted by Crippen LogP contribution is -2.33. The maximum Gasteiger partial charge on any atom is 0.319 e. The first-order chi connectivity index (χ1) is 7.41. The molecule has 0 saturated carbocycles. The Bertz CT molecular complexity index is 303. The maximum atomic E-state index is 11.2. The van der Waals surface area contributed by atoms with Crippen LogP contribution in [0.4, 0.5) is 0 Å². The number of nitrogens with one attached hydrogen (secondary N) is 1. The number of rotatable bonds is 8. The number of hydrogen-bond donors (Lipinski definition) is 1. The third-order valence-corrected chi connectivity index (χ3v) is 3.46. The van der Waals surface area contributed by atoms with Crippen LogP contribution in [0.15, 0.2) is 0 Å². The van der Waals surface area contributed by atoms with Crippen LogP contribution in [0.25, 0.3) is 0 Å². The minimum absolute atomic E-state index is 0.154. The Morgan fingerprint density at radius 2 is 2.06 bits per heavy atom. The van der Waals surface area contributed by atoms with E-state index in [9.17, 15) is 13.2 Å². The Morgan fingerprint density at radius 1 is 1.44 bits per heavy atom. The fourth-order valence-corrected chi connectivity index (χ4v) is 2.13. The number of carbonyl (C=O) groups is 1. The van der Waals surface area contributed by atoms with Crippen LogP contribution in [-0.2, 0) is 19.6 Å². The summed E-state index contributed by atoms with van der Waals surface area (Å²) in [7, 11) is -1.78. The largest absolute Gasteiger partial charge is 0.468 e. The zero-order valence-corrected chi connectivity index (χ0v) is 10.8. The van der Waals surface area contributed by atoms with Gasteiger partial charge in [0, 0.05) is 13.1 Å². The molecule has 0 aromatic carbocycles. The molecule has 0 unspecified atom stereocenters. The Kier molecular flexibility index (Phi) is 7.27. The number of hydrogen-bond acceptors (Lipinski definition) is 5. The van der Waals surface area contributed by atoms with Crippen molar-refractivity contribution in [3.8, 4) is 0 Å². The van der Waals surface area contributed by atoms with Crippen LogP contribution in [0.5, 0.6) is 0 Å². The maximum absolute atomic E-state index is 11.2. The van der Waals surface area contributed by atoms with Crippen LogP contribution < -0.4 is 5.32 Å². The molecule has 0 radical (unpaired) electrons. The van der Waals surface area contributed by atoms with Gasteiger partial charge in [-0.15, -0.1) is 0 Å². The van der Waals surface area contributed by atoms with Gasteiger partial charge in [-0.2, -0.15) is 0 Å². The minimum Gasteiger partial charge on any atom is -0.468 e. The second-order valence-electron chi connectivity index (χ2n) is 3.36. The zero-order valence-electron chi connectivity index (χ0n) is 10.0. The van der Waals surface area contributed by atoms with Gasteiger partial charge in [0.15, 0.2) is 0 Å². The number of carbonyl (C=O) groups excluding carboxylic acids is 1. The molecule has 0 fully saturated rings. The van der Waals surface area contributed by atoms with Gasteiger partial charge in [-0.3, -0.25) is 4.79 Å². The second kappa shape index (κ2) is 7.59. The van der Waals surface area contributed by atoms with Gasteiger partial charge in [-0.05, 0) is 13.0 Å². The molecule has 0 amide bonds. The molecule has 0 aliphatic heterocycles. The number of ether oxygens (including phenoxy) is 1. The van der Waals surface area contributed by atoms with Crippen LogP contribution >= 0.6 is 0 Å². The van der Waals surface area contributed by atoms with Crippen LogP contribution in [0, 0.1) is 0 Å². The lowest BCUT2D eigenvalue weighted by atomic mass is 10.4. The molecule has 0 atom stereocenters. The molecule has 0 aromatic rings. The summed E-state index contributed by atoms with van der Waals surface area (Å²) in [5, 5.41) is 2.87. The van der Waals surface area contributed by atoms with E-state index in [-0.39, 0.29) is 12.5 Å². The number of esters is 1. The molecule has 0 bridgehead atoms. The van der Waals surface area contributed by atoms with Crippen molar-refractivity contribution >= 4 is 16.0 Å². The van der Waals surface area contributed by atoms with E-state index in [2.05, 4.69) is 10.1 Å². The van der Waals surface area contributed by atoms with E-state index in [1.54, 1.807) is 6.92 Å². The molecule has 0 aliphatic rings. The monoisotopic (exact) mass is 252 g/mol. The number of sulfonamides is 1. The molecule has 0 aliphatic carbocycles.